The van der Waals surface area contributed by atoms with Gasteiger partial charge in [-0.15, -0.1) is 0 Å². The fourth-order valence-electron chi connectivity index (χ4n) is 4.54. The maximum atomic E-state index is 13.2. The minimum atomic E-state index is -0.0180. The van der Waals surface area contributed by atoms with Gasteiger partial charge in [-0.3, -0.25) is 4.79 Å². The number of rotatable bonds is 5. The van der Waals surface area contributed by atoms with Crippen LogP contribution < -0.4 is 20.5 Å². The van der Waals surface area contributed by atoms with Crippen molar-refractivity contribution in [3.8, 4) is 0 Å². The average Bonchev–Trinajstić information content (AvgIpc) is 3.35. The van der Waals surface area contributed by atoms with E-state index in [9.17, 15) is 4.79 Å². The van der Waals surface area contributed by atoms with Crippen molar-refractivity contribution >= 4 is 28.2 Å². The van der Waals surface area contributed by atoms with Gasteiger partial charge in [-0.05, 0) is 44.0 Å². The number of hydrogen-bond acceptors (Lipinski definition) is 6. The Kier molecular flexibility index (Phi) is 5.55. The van der Waals surface area contributed by atoms with E-state index >= 15 is 0 Å². The second kappa shape index (κ2) is 8.63. The molecular formula is C25H29N3O3. The fourth-order valence-corrected chi connectivity index (χ4v) is 4.54. The molecule has 5 rings (SSSR count). The van der Waals surface area contributed by atoms with E-state index in [0.717, 1.165) is 43.1 Å². The number of nitrogens with zero attached hydrogens (tertiary/aromatic N) is 2. The van der Waals surface area contributed by atoms with Crippen molar-refractivity contribution in [1.29, 1.82) is 0 Å². The summed E-state index contributed by atoms with van der Waals surface area (Å²) in [6.07, 6.45) is 2.38. The van der Waals surface area contributed by atoms with Crippen LogP contribution >= 0.6 is 0 Å². The molecule has 0 aliphatic carbocycles. The third-order valence-electron chi connectivity index (χ3n) is 6.25. The van der Waals surface area contributed by atoms with E-state index in [1.807, 2.05) is 24.3 Å². The van der Waals surface area contributed by atoms with Gasteiger partial charge < -0.3 is 24.3 Å². The number of ether oxygens (including phenoxy) is 1. The molecule has 0 amide bonds. The topological polar surface area (TPSA) is 58.0 Å². The predicted molar refractivity (Wildman–Crippen MR) is 125 cm³/mol. The van der Waals surface area contributed by atoms with Gasteiger partial charge in [0.25, 0.3) is 0 Å². The molecule has 0 radical (unpaired) electrons. The molecule has 0 spiro atoms. The minimum absolute atomic E-state index is 0.0111. The maximum Gasteiger partial charge on any atom is 0.200 e. The Bertz CT molecular complexity index is 1100. The molecule has 1 N–H and O–H groups in total. The Morgan fingerprint density at radius 3 is 2.42 bits per heavy atom. The first kappa shape index (κ1) is 19.9. The molecule has 2 aromatic carbocycles. The second-order valence-corrected chi connectivity index (χ2v) is 8.39. The highest BCUT2D eigenvalue weighted by Gasteiger charge is 2.22. The van der Waals surface area contributed by atoms with E-state index in [1.54, 1.807) is 6.07 Å². The van der Waals surface area contributed by atoms with Crippen molar-refractivity contribution in [2.24, 2.45) is 0 Å². The van der Waals surface area contributed by atoms with Crippen LogP contribution in [0.15, 0.2) is 57.7 Å². The van der Waals surface area contributed by atoms with Gasteiger partial charge in [0.15, 0.2) is 11.3 Å². The van der Waals surface area contributed by atoms with Gasteiger partial charge in [-0.2, -0.15) is 0 Å². The quantitative estimate of drug-likeness (QED) is 0.661. The van der Waals surface area contributed by atoms with E-state index in [4.69, 9.17) is 9.15 Å². The van der Waals surface area contributed by atoms with E-state index in [1.165, 1.54) is 12.8 Å². The van der Waals surface area contributed by atoms with Gasteiger partial charge in [0, 0.05) is 49.2 Å². The molecule has 31 heavy (non-hydrogen) atoms. The van der Waals surface area contributed by atoms with Crippen molar-refractivity contribution in [2.45, 2.75) is 25.8 Å². The van der Waals surface area contributed by atoms with Crippen LogP contribution in [0.25, 0.3) is 11.0 Å². The zero-order valence-electron chi connectivity index (χ0n) is 18.0. The summed E-state index contributed by atoms with van der Waals surface area (Å²) in [6, 6.07) is 16.0. The van der Waals surface area contributed by atoms with Gasteiger partial charge >= 0.3 is 0 Å². The number of fused-ring (bicyclic) bond motifs is 1. The molecule has 0 bridgehead atoms. The Hall–Kier alpha value is -2.99. The first-order chi connectivity index (χ1) is 15.2. The molecule has 0 saturated carbocycles. The Labute approximate surface area is 182 Å². The molecule has 6 heteroatoms. The Morgan fingerprint density at radius 2 is 1.68 bits per heavy atom. The number of hydrogen-bond donors (Lipinski definition) is 1. The van der Waals surface area contributed by atoms with Crippen molar-refractivity contribution in [3.05, 3.63) is 64.3 Å². The van der Waals surface area contributed by atoms with Crippen LogP contribution in [0.1, 0.15) is 31.4 Å². The summed E-state index contributed by atoms with van der Waals surface area (Å²) in [4.78, 5) is 17.6. The van der Waals surface area contributed by atoms with Gasteiger partial charge in [0.05, 0.1) is 24.6 Å². The van der Waals surface area contributed by atoms with Crippen LogP contribution in [0.4, 0.5) is 17.3 Å². The third kappa shape index (κ3) is 4.12. The second-order valence-electron chi connectivity index (χ2n) is 8.39. The molecule has 1 atom stereocenters. The molecule has 2 aliphatic heterocycles. The molecule has 0 unspecified atom stereocenters. The zero-order chi connectivity index (χ0) is 21.2. The van der Waals surface area contributed by atoms with Gasteiger partial charge in [-0.1, -0.05) is 18.2 Å². The molecule has 6 nitrogen and oxygen atoms in total. The van der Waals surface area contributed by atoms with E-state index < -0.39 is 0 Å². The molecule has 2 aliphatic rings. The van der Waals surface area contributed by atoms with Crippen LogP contribution in [-0.2, 0) is 4.74 Å². The lowest BCUT2D eigenvalue weighted by Crippen LogP contribution is -2.36. The lowest BCUT2D eigenvalue weighted by Gasteiger charge is -2.28. The van der Waals surface area contributed by atoms with Crippen LogP contribution in [0, 0.1) is 0 Å². The molecule has 1 aromatic heterocycles. The number of nitrogens with one attached hydrogen (secondary N) is 1. The van der Waals surface area contributed by atoms with Gasteiger partial charge in [-0.25, -0.2) is 0 Å². The highest BCUT2D eigenvalue weighted by Crippen LogP contribution is 2.34. The SMILES string of the molecule is C[C@@H](Nc1ccccc1)c1cc(N2CCCC2)cc2c(=O)cc(N3CCOCC3)oc12. The Morgan fingerprint density at radius 1 is 0.935 bits per heavy atom. The van der Waals surface area contributed by atoms with Crippen LogP contribution in [0.3, 0.4) is 0 Å². The monoisotopic (exact) mass is 419 g/mol. The minimum Gasteiger partial charge on any atom is -0.440 e. The van der Waals surface area contributed by atoms with Crippen LogP contribution in [0.2, 0.25) is 0 Å². The lowest BCUT2D eigenvalue weighted by molar-refractivity contribution is 0.121. The molecule has 2 saturated heterocycles. The van der Waals surface area contributed by atoms with Gasteiger partial charge in [0.1, 0.15) is 5.58 Å². The zero-order valence-corrected chi connectivity index (χ0v) is 18.0. The summed E-state index contributed by atoms with van der Waals surface area (Å²) in [7, 11) is 0. The highest BCUT2D eigenvalue weighted by molar-refractivity contribution is 5.86. The summed E-state index contributed by atoms with van der Waals surface area (Å²) in [5.41, 5.74) is 3.84. The Balaban J connectivity index is 1.61. The normalized spacial score (nSPS) is 17.8. The summed E-state index contributed by atoms with van der Waals surface area (Å²) in [5, 5.41) is 4.22. The first-order valence-corrected chi connectivity index (χ1v) is 11.2. The smallest absolute Gasteiger partial charge is 0.200 e. The fraction of sp³-hybridized carbons (Fsp3) is 0.400. The van der Waals surface area contributed by atoms with E-state index in [-0.39, 0.29) is 11.5 Å². The predicted octanol–water partition coefficient (Wildman–Crippen LogP) is 4.40. The molecular weight excluding hydrogens is 390 g/mol. The standard InChI is InChI=1S/C25H29N3O3/c1-18(26-19-7-3-2-4-8-19)21-15-20(27-9-5-6-10-27)16-22-23(29)17-24(31-25(21)22)28-11-13-30-14-12-28/h2-4,7-8,15-18,26H,5-6,9-14H2,1H3/t18-/m1/s1. The first-order valence-electron chi connectivity index (χ1n) is 11.2. The number of anilines is 3. The van der Waals surface area contributed by atoms with E-state index in [2.05, 4.69) is 40.2 Å². The van der Waals surface area contributed by atoms with Crippen molar-refractivity contribution < 1.29 is 9.15 Å². The maximum absolute atomic E-state index is 13.2. The number of para-hydroxylation sites is 1. The number of benzene rings is 2. The molecule has 3 heterocycles. The summed E-state index contributed by atoms with van der Waals surface area (Å²) < 4.78 is 11.9. The highest BCUT2D eigenvalue weighted by atomic mass is 16.5. The largest absolute Gasteiger partial charge is 0.440 e. The van der Waals surface area contributed by atoms with Crippen molar-refractivity contribution in [3.63, 3.8) is 0 Å². The number of morpholine rings is 1. The summed E-state index contributed by atoms with van der Waals surface area (Å²) in [6.45, 7) is 6.94. The summed E-state index contributed by atoms with van der Waals surface area (Å²) >= 11 is 0. The van der Waals surface area contributed by atoms with Crippen molar-refractivity contribution in [1.82, 2.24) is 0 Å². The molecule has 2 fully saturated rings. The van der Waals surface area contributed by atoms with Crippen LogP contribution in [0.5, 0.6) is 0 Å². The third-order valence-corrected chi connectivity index (χ3v) is 6.25. The van der Waals surface area contributed by atoms with Gasteiger partial charge in [0.2, 0.25) is 0 Å². The van der Waals surface area contributed by atoms with E-state index in [0.29, 0.717) is 30.1 Å². The molecule has 3 aromatic rings. The van der Waals surface area contributed by atoms with Crippen LogP contribution in [-0.4, -0.2) is 39.4 Å². The lowest BCUT2D eigenvalue weighted by atomic mass is 10.0. The average molecular weight is 420 g/mol. The summed E-state index contributed by atoms with van der Waals surface area (Å²) in [5.74, 6) is 0.628. The molecule has 162 valence electrons. The van der Waals surface area contributed by atoms with Crippen molar-refractivity contribution in [2.75, 3.05) is 54.5 Å².